The zero-order valence-electron chi connectivity index (χ0n) is 22.4. The lowest BCUT2D eigenvalue weighted by Crippen LogP contribution is -2.52. The molecule has 0 bridgehead atoms. The predicted molar refractivity (Wildman–Crippen MR) is 147 cm³/mol. The van der Waals surface area contributed by atoms with Gasteiger partial charge in [0.25, 0.3) is 0 Å². The second-order valence-corrected chi connectivity index (χ2v) is 10.3. The summed E-state index contributed by atoms with van der Waals surface area (Å²) in [4.78, 5) is 39.5. The van der Waals surface area contributed by atoms with Crippen LogP contribution in [-0.2, 0) is 25.6 Å². The molecule has 0 fully saturated rings. The first-order chi connectivity index (χ1) is 18.7. The fraction of sp³-hybridized carbons (Fsp3) is 0.323. The van der Waals surface area contributed by atoms with E-state index in [1.165, 1.54) is 12.0 Å². The van der Waals surface area contributed by atoms with Crippen LogP contribution in [0, 0.1) is 0 Å². The van der Waals surface area contributed by atoms with Crippen molar-refractivity contribution >= 4 is 18.0 Å². The molecule has 8 nitrogen and oxygen atoms in total. The number of rotatable bonds is 11. The van der Waals surface area contributed by atoms with E-state index < -0.39 is 36.2 Å². The van der Waals surface area contributed by atoms with Crippen LogP contribution in [0.4, 0.5) is 4.79 Å². The number of fused-ring (bicyclic) bond motifs is 3. The molecule has 0 saturated carbocycles. The zero-order chi connectivity index (χ0) is 28.0. The summed E-state index contributed by atoms with van der Waals surface area (Å²) in [5, 5.41) is 12.2. The third-order valence-electron chi connectivity index (χ3n) is 7.04. The van der Waals surface area contributed by atoms with Gasteiger partial charge in [0.1, 0.15) is 19.2 Å². The van der Waals surface area contributed by atoms with E-state index in [-0.39, 0.29) is 25.5 Å². The van der Waals surface area contributed by atoms with E-state index in [2.05, 4.69) is 17.4 Å². The molecule has 8 heteroatoms. The molecular weight excluding hydrogens is 496 g/mol. The number of nitrogens with one attached hydrogen (secondary N) is 1. The number of benzene rings is 3. The van der Waals surface area contributed by atoms with E-state index in [0.717, 1.165) is 27.8 Å². The first kappa shape index (κ1) is 27.9. The fourth-order valence-electron chi connectivity index (χ4n) is 4.96. The molecule has 2 amide bonds. The summed E-state index contributed by atoms with van der Waals surface area (Å²) < 4.78 is 11.2. The maximum atomic E-state index is 13.6. The van der Waals surface area contributed by atoms with Gasteiger partial charge in [-0.2, -0.15) is 0 Å². The molecule has 4 rings (SSSR count). The minimum Gasteiger partial charge on any atom is -0.480 e. The first-order valence-electron chi connectivity index (χ1n) is 12.9. The highest BCUT2D eigenvalue weighted by Crippen LogP contribution is 2.44. The van der Waals surface area contributed by atoms with Crippen molar-refractivity contribution in [2.75, 3.05) is 20.3 Å². The van der Waals surface area contributed by atoms with Crippen molar-refractivity contribution < 1.29 is 29.0 Å². The Bertz CT molecular complexity index is 1280. The zero-order valence-corrected chi connectivity index (χ0v) is 22.4. The number of hydrogen-bond donors (Lipinski definition) is 2. The molecule has 0 saturated heterocycles. The minimum atomic E-state index is -1.15. The second kappa shape index (κ2) is 12.1. The van der Waals surface area contributed by atoms with Crippen LogP contribution in [-0.4, -0.2) is 59.9 Å². The summed E-state index contributed by atoms with van der Waals surface area (Å²) in [5.41, 5.74) is 4.39. The van der Waals surface area contributed by atoms with Crippen molar-refractivity contribution in [1.29, 1.82) is 0 Å². The Morgan fingerprint density at radius 3 is 2.05 bits per heavy atom. The average molecular weight is 531 g/mol. The second-order valence-electron chi connectivity index (χ2n) is 10.3. The van der Waals surface area contributed by atoms with E-state index in [4.69, 9.17) is 9.47 Å². The molecule has 1 unspecified atom stereocenters. The van der Waals surface area contributed by atoms with E-state index >= 15 is 0 Å². The fourth-order valence-corrected chi connectivity index (χ4v) is 4.96. The molecule has 39 heavy (non-hydrogen) atoms. The van der Waals surface area contributed by atoms with Gasteiger partial charge in [-0.25, -0.2) is 4.79 Å². The van der Waals surface area contributed by atoms with Gasteiger partial charge in [-0.3, -0.25) is 9.59 Å². The standard InChI is InChI=1S/C31H34N2O6/c1-31(2,38-3)17-27(29(36)33(19-28(34)35)18-21-11-5-4-6-12-21)32-30(37)39-20-26-24-15-9-7-13-22(24)23-14-8-10-16-25(23)26/h4-16,26-27H,17-20H2,1-3H3,(H,32,37)(H,34,35). The molecule has 0 aromatic heterocycles. The van der Waals surface area contributed by atoms with Crippen LogP contribution >= 0.6 is 0 Å². The number of amides is 2. The highest BCUT2D eigenvalue weighted by molar-refractivity contribution is 5.88. The van der Waals surface area contributed by atoms with Crippen LogP contribution in [0.3, 0.4) is 0 Å². The Balaban J connectivity index is 1.50. The van der Waals surface area contributed by atoms with Crippen LogP contribution in [0.15, 0.2) is 78.9 Å². The molecule has 3 aromatic rings. The first-order valence-corrected chi connectivity index (χ1v) is 12.9. The lowest BCUT2D eigenvalue weighted by atomic mass is 9.97. The van der Waals surface area contributed by atoms with Crippen molar-refractivity contribution in [3.63, 3.8) is 0 Å². The van der Waals surface area contributed by atoms with E-state index in [1.807, 2.05) is 66.7 Å². The van der Waals surface area contributed by atoms with Crippen LogP contribution in [0.1, 0.15) is 42.9 Å². The monoisotopic (exact) mass is 530 g/mol. The molecule has 0 radical (unpaired) electrons. The molecule has 2 N–H and O–H groups in total. The number of alkyl carbamates (subject to hydrolysis) is 1. The molecule has 1 aliphatic carbocycles. The lowest BCUT2D eigenvalue weighted by Gasteiger charge is -2.32. The molecule has 1 aliphatic rings. The van der Waals surface area contributed by atoms with E-state index in [1.54, 1.807) is 13.8 Å². The number of carboxylic acid groups (broad SMARTS) is 1. The predicted octanol–water partition coefficient (Wildman–Crippen LogP) is 4.82. The van der Waals surface area contributed by atoms with Crippen LogP contribution in [0.5, 0.6) is 0 Å². The van der Waals surface area contributed by atoms with Gasteiger partial charge in [-0.05, 0) is 41.7 Å². The SMILES string of the molecule is COC(C)(C)CC(NC(=O)OCC1c2ccccc2-c2ccccc21)C(=O)N(CC(=O)O)Cc1ccccc1. The Morgan fingerprint density at radius 2 is 1.49 bits per heavy atom. The quantitative estimate of drug-likeness (QED) is 0.368. The average Bonchev–Trinajstić information content (AvgIpc) is 3.24. The number of aliphatic carboxylic acids is 1. The Hall–Kier alpha value is -4.17. The maximum Gasteiger partial charge on any atom is 0.407 e. The van der Waals surface area contributed by atoms with Crippen LogP contribution < -0.4 is 5.32 Å². The third kappa shape index (κ3) is 6.83. The van der Waals surface area contributed by atoms with Gasteiger partial charge in [0.15, 0.2) is 0 Å². The third-order valence-corrected chi connectivity index (χ3v) is 7.04. The summed E-state index contributed by atoms with van der Waals surface area (Å²) in [7, 11) is 1.52. The smallest absolute Gasteiger partial charge is 0.407 e. The van der Waals surface area contributed by atoms with Crippen molar-refractivity contribution in [3.8, 4) is 11.1 Å². The molecule has 3 aromatic carbocycles. The van der Waals surface area contributed by atoms with Gasteiger partial charge in [0.05, 0.1) is 5.60 Å². The number of ether oxygens (including phenoxy) is 2. The summed E-state index contributed by atoms with van der Waals surface area (Å²) in [6.07, 6.45) is -0.630. The van der Waals surface area contributed by atoms with Gasteiger partial charge >= 0.3 is 12.1 Å². The molecule has 204 valence electrons. The number of carbonyl (C=O) groups is 3. The highest BCUT2D eigenvalue weighted by Gasteiger charge is 2.34. The lowest BCUT2D eigenvalue weighted by molar-refractivity contribution is -0.146. The molecule has 0 spiro atoms. The van der Waals surface area contributed by atoms with Gasteiger partial charge in [-0.1, -0.05) is 78.9 Å². The Morgan fingerprint density at radius 1 is 0.923 bits per heavy atom. The Labute approximate surface area is 228 Å². The number of nitrogens with zero attached hydrogens (tertiary/aromatic N) is 1. The molecule has 1 atom stereocenters. The van der Waals surface area contributed by atoms with Crippen molar-refractivity contribution in [3.05, 3.63) is 95.6 Å². The number of carboxylic acids is 1. The van der Waals surface area contributed by atoms with E-state index in [0.29, 0.717) is 0 Å². The van der Waals surface area contributed by atoms with Gasteiger partial charge in [0.2, 0.25) is 5.91 Å². The van der Waals surface area contributed by atoms with Gasteiger partial charge in [-0.15, -0.1) is 0 Å². The summed E-state index contributed by atoms with van der Waals surface area (Å²) in [6.45, 7) is 3.26. The molecular formula is C31H34N2O6. The largest absolute Gasteiger partial charge is 0.480 e. The van der Waals surface area contributed by atoms with Crippen molar-refractivity contribution in [2.45, 2.75) is 44.4 Å². The molecule has 0 heterocycles. The number of hydrogen-bond acceptors (Lipinski definition) is 5. The normalized spacial score (nSPS) is 13.2. The maximum absolute atomic E-state index is 13.6. The van der Waals surface area contributed by atoms with Crippen molar-refractivity contribution in [1.82, 2.24) is 10.2 Å². The summed E-state index contributed by atoms with van der Waals surface area (Å²) in [6, 6.07) is 24.1. The highest BCUT2D eigenvalue weighted by atomic mass is 16.5. The van der Waals surface area contributed by atoms with Gasteiger partial charge in [0, 0.05) is 26.0 Å². The Kier molecular flexibility index (Phi) is 8.66. The van der Waals surface area contributed by atoms with Crippen LogP contribution in [0.2, 0.25) is 0 Å². The minimum absolute atomic E-state index is 0.0856. The van der Waals surface area contributed by atoms with Crippen LogP contribution in [0.25, 0.3) is 11.1 Å². The number of methoxy groups -OCH3 is 1. The summed E-state index contributed by atoms with van der Waals surface area (Å²) >= 11 is 0. The summed E-state index contributed by atoms with van der Waals surface area (Å²) in [5.74, 6) is -1.81. The van der Waals surface area contributed by atoms with Crippen molar-refractivity contribution in [2.24, 2.45) is 0 Å². The number of carbonyl (C=O) groups excluding carboxylic acids is 2. The van der Waals surface area contributed by atoms with E-state index in [9.17, 15) is 19.5 Å². The molecule has 0 aliphatic heterocycles. The van der Waals surface area contributed by atoms with Gasteiger partial charge < -0.3 is 24.8 Å². The topological polar surface area (TPSA) is 105 Å².